The van der Waals surface area contributed by atoms with Gasteiger partial charge in [-0.15, -0.1) is 0 Å². The van der Waals surface area contributed by atoms with E-state index >= 15 is 0 Å². The Balaban J connectivity index is 1.83. The summed E-state index contributed by atoms with van der Waals surface area (Å²) in [5, 5.41) is 18.1. The lowest BCUT2D eigenvalue weighted by Gasteiger charge is -2.29. The van der Waals surface area contributed by atoms with Gasteiger partial charge in [-0.1, -0.05) is 41.9 Å². The first-order valence-electron chi connectivity index (χ1n) is 9.97. The summed E-state index contributed by atoms with van der Waals surface area (Å²) >= 11 is 11.3. The van der Waals surface area contributed by atoms with Crippen molar-refractivity contribution >= 4 is 46.3 Å². The molecule has 0 bridgehead atoms. The normalized spacial score (nSPS) is 15.6. The van der Waals surface area contributed by atoms with Crippen molar-refractivity contribution in [3.05, 3.63) is 92.7 Å². The van der Waals surface area contributed by atoms with Crippen LogP contribution in [0.5, 0.6) is 0 Å². The highest BCUT2D eigenvalue weighted by molar-refractivity contribution is 7.80. The molecule has 33 heavy (non-hydrogen) atoms. The Hall–Kier alpha value is -3.69. The van der Waals surface area contributed by atoms with E-state index in [9.17, 15) is 14.9 Å². The Kier molecular flexibility index (Phi) is 6.43. The number of nitro groups is 1. The lowest BCUT2D eigenvalue weighted by molar-refractivity contribution is -0.384. The van der Waals surface area contributed by atoms with Gasteiger partial charge in [-0.3, -0.25) is 10.1 Å². The Morgan fingerprint density at radius 3 is 2.67 bits per heavy atom. The molecule has 1 atom stereocenters. The van der Waals surface area contributed by atoms with Gasteiger partial charge < -0.3 is 19.8 Å². The summed E-state index contributed by atoms with van der Waals surface area (Å²) in [6.07, 6.45) is 0. The van der Waals surface area contributed by atoms with Crippen molar-refractivity contribution < 1.29 is 18.9 Å². The molecule has 0 saturated heterocycles. The van der Waals surface area contributed by atoms with E-state index in [0.717, 1.165) is 5.56 Å². The second-order valence-corrected chi connectivity index (χ2v) is 7.87. The zero-order valence-electron chi connectivity index (χ0n) is 17.3. The Bertz CT molecular complexity index is 1270. The van der Waals surface area contributed by atoms with E-state index in [1.54, 1.807) is 25.1 Å². The molecule has 0 aliphatic carbocycles. The van der Waals surface area contributed by atoms with Crippen molar-refractivity contribution in [3.63, 3.8) is 0 Å². The molecular weight excluding hydrogens is 466 g/mol. The van der Waals surface area contributed by atoms with Crippen LogP contribution in [0.1, 0.15) is 24.3 Å². The fourth-order valence-electron chi connectivity index (χ4n) is 3.56. The van der Waals surface area contributed by atoms with E-state index in [0.29, 0.717) is 16.6 Å². The van der Waals surface area contributed by atoms with E-state index in [1.165, 1.54) is 12.1 Å². The van der Waals surface area contributed by atoms with Gasteiger partial charge >= 0.3 is 5.97 Å². The maximum absolute atomic E-state index is 13.0. The van der Waals surface area contributed by atoms with Crippen LogP contribution in [0.3, 0.4) is 0 Å². The predicted octanol–water partition coefficient (Wildman–Crippen LogP) is 5.00. The number of benzene rings is 2. The molecule has 0 saturated carbocycles. The highest BCUT2D eigenvalue weighted by Crippen LogP contribution is 2.37. The molecule has 4 rings (SSSR count). The third-order valence-electron chi connectivity index (χ3n) is 4.96. The number of hydrogen-bond donors (Lipinski definition) is 2. The number of halogens is 1. The van der Waals surface area contributed by atoms with Crippen molar-refractivity contribution in [1.82, 2.24) is 10.6 Å². The third kappa shape index (κ3) is 4.59. The molecule has 1 aliphatic heterocycles. The zero-order valence-corrected chi connectivity index (χ0v) is 18.9. The number of nitrogens with one attached hydrogen (secondary N) is 2. The monoisotopic (exact) mass is 483 g/mol. The van der Waals surface area contributed by atoms with Crippen LogP contribution in [-0.2, 0) is 9.53 Å². The first kappa shape index (κ1) is 22.5. The second kappa shape index (κ2) is 9.43. The SMILES string of the molecule is CCOC(=O)C1=C(c2ccccc2)NC(=S)N[C@@H]1c1ccc(-c2ccc(Cl)cc2[N+](=O)[O-])o1. The number of esters is 1. The molecule has 8 nitrogen and oxygen atoms in total. The van der Waals surface area contributed by atoms with Gasteiger partial charge in [-0.05, 0) is 49.0 Å². The molecule has 168 valence electrons. The standard InChI is InChI=1S/C23H18ClN3O5S/c1-2-31-22(28)19-20(13-6-4-3-5-7-13)25-23(33)26-21(19)18-11-10-17(32-18)15-9-8-14(24)12-16(15)27(29)30/h3-12,21H,2H2,1H3,(H2,25,26,33)/t21-/m1/s1. The smallest absolute Gasteiger partial charge is 0.338 e. The van der Waals surface area contributed by atoms with Crippen molar-refractivity contribution in [2.45, 2.75) is 13.0 Å². The number of nitrogens with zero attached hydrogens (tertiary/aromatic N) is 1. The molecule has 0 fully saturated rings. The summed E-state index contributed by atoms with van der Waals surface area (Å²) in [7, 11) is 0. The lowest BCUT2D eigenvalue weighted by atomic mass is 9.96. The van der Waals surface area contributed by atoms with Crippen molar-refractivity contribution in [2.75, 3.05) is 6.61 Å². The van der Waals surface area contributed by atoms with Crippen LogP contribution < -0.4 is 10.6 Å². The van der Waals surface area contributed by atoms with Crippen LogP contribution >= 0.6 is 23.8 Å². The van der Waals surface area contributed by atoms with Gasteiger partial charge in [-0.2, -0.15) is 0 Å². The molecule has 10 heteroatoms. The molecular formula is C23H18ClN3O5S. The van der Waals surface area contributed by atoms with Crippen LogP contribution in [0.25, 0.3) is 17.0 Å². The molecule has 2 aromatic carbocycles. The zero-order chi connectivity index (χ0) is 23.5. The fourth-order valence-corrected chi connectivity index (χ4v) is 3.94. The predicted molar refractivity (Wildman–Crippen MR) is 127 cm³/mol. The summed E-state index contributed by atoms with van der Waals surface area (Å²) in [6.45, 7) is 1.90. The van der Waals surface area contributed by atoms with Crippen LogP contribution in [0, 0.1) is 10.1 Å². The summed E-state index contributed by atoms with van der Waals surface area (Å²) in [4.78, 5) is 24.0. The lowest BCUT2D eigenvalue weighted by Crippen LogP contribution is -2.45. The number of ether oxygens (including phenoxy) is 1. The highest BCUT2D eigenvalue weighted by Gasteiger charge is 2.35. The number of hydrogen-bond acceptors (Lipinski definition) is 6. The third-order valence-corrected chi connectivity index (χ3v) is 5.42. The maximum Gasteiger partial charge on any atom is 0.338 e. The quantitative estimate of drug-likeness (QED) is 0.218. The molecule has 3 aromatic rings. The van der Waals surface area contributed by atoms with Gasteiger partial charge in [0, 0.05) is 11.1 Å². The highest BCUT2D eigenvalue weighted by atomic mass is 35.5. The average molecular weight is 484 g/mol. The van der Waals surface area contributed by atoms with E-state index in [1.807, 2.05) is 30.3 Å². The first-order chi connectivity index (χ1) is 15.9. The topological polar surface area (TPSA) is 107 Å². The van der Waals surface area contributed by atoms with Gasteiger partial charge in [0.15, 0.2) is 5.11 Å². The van der Waals surface area contributed by atoms with Crippen molar-refractivity contribution in [3.8, 4) is 11.3 Å². The molecule has 0 unspecified atom stereocenters. The molecule has 1 aliphatic rings. The molecule has 0 spiro atoms. The number of carbonyl (C=O) groups is 1. The van der Waals surface area contributed by atoms with Crippen molar-refractivity contribution in [1.29, 1.82) is 0 Å². The molecule has 2 heterocycles. The van der Waals surface area contributed by atoms with Crippen LogP contribution in [0.2, 0.25) is 5.02 Å². The Morgan fingerprint density at radius 2 is 1.97 bits per heavy atom. The summed E-state index contributed by atoms with van der Waals surface area (Å²) in [5.41, 5.74) is 1.59. The van der Waals surface area contributed by atoms with Gasteiger partial charge in [0.1, 0.15) is 17.6 Å². The summed E-state index contributed by atoms with van der Waals surface area (Å²) in [6, 6.07) is 16.0. The van der Waals surface area contributed by atoms with Crippen LogP contribution in [-0.4, -0.2) is 22.6 Å². The number of furan rings is 1. The fraction of sp³-hybridized carbons (Fsp3) is 0.130. The minimum atomic E-state index is -0.770. The second-order valence-electron chi connectivity index (χ2n) is 7.03. The van der Waals surface area contributed by atoms with E-state index in [2.05, 4.69) is 10.6 Å². The Labute approximate surface area is 199 Å². The van der Waals surface area contributed by atoms with Gasteiger partial charge in [0.2, 0.25) is 0 Å². The van der Waals surface area contributed by atoms with E-state index in [4.69, 9.17) is 33.0 Å². The molecule has 0 radical (unpaired) electrons. The Morgan fingerprint density at radius 1 is 1.21 bits per heavy atom. The minimum absolute atomic E-state index is 0.182. The van der Waals surface area contributed by atoms with Crippen molar-refractivity contribution in [2.24, 2.45) is 0 Å². The number of carbonyl (C=O) groups excluding carboxylic acids is 1. The van der Waals surface area contributed by atoms with Crippen LogP contribution in [0.4, 0.5) is 5.69 Å². The van der Waals surface area contributed by atoms with Gasteiger partial charge in [-0.25, -0.2) is 4.79 Å². The molecule has 1 aromatic heterocycles. The molecule has 0 amide bonds. The summed E-state index contributed by atoms with van der Waals surface area (Å²) in [5.74, 6) is 0.0537. The number of rotatable bonds is 6. The van der Waals surface area contributed by atoms with Gasteiger partial charge in [0.05, 0.1) is 28.4 Å². The van der Waals surface area contributed by atoms with E-state index < -0.39 is 16.9 Å². The largest absolute Gasteiger partial charge is 0.463 e. The van der Waals surface area contributed by atoms with E-state index in [-0.39, 0.29) is 34.2 Å². The number of nitro benzene ring substituents is 1. The van der Waals surface area contributed by atoms with Crippen LogP contribution in [0.15, 0.2) is 70.7 Å². The van der Waals surface area contributed by atoms with Gasteiger partial charge in [0.25, 0.3) is 5.69 Å². The molecule has 2 N–H and O–H groups in total. The summed E-state index contributed by atoms with van der Waals surface area (Å²) < 4.78 is 11.3. The average Bonchev–Trinajstić information content (AvgIpc) is 3.29. The number of thiocarbonyl (C=S) groups is 1. The maximum atomic E-state index is 13.0. The minimum Gasteiger partial charge on any atom is -0.463 e. The first-order valence-corrected chi connectivity index (χ1v) is 10.8.